The van der Waals surface area contributed by atoms with Gasteiger partial charge in [-0.1, -0.05) is 17.7 Å². The van der Waals surface area contributed by atoms with Crippen LogP contribution in [0.2, 0.25) is 5.02 Å². The Labute approximate surface area is 117 Å². The number of nitrogens with zero attached hydrogens (tertiary/aromatic N) is 1. The number of amides is 1. The second kappa shape index (κ2) is 5.39. The van der Waals surface area contributed by atoms with Gasteiger partial charge < -0.3 is 15.0 Å². The molecule has 1 amide bonds. The fourth-order valence-corrected chi connectivity index (χ4v) is 3.03. The molecule has 4 nitrogen and oxygen atoms in total. The van der Waals surface area contributed by atoms with E-state index in [4.69, 9.17) is 16.3 Å². The number of fused-ring (bicyclic) bond motifs is 1. The molecular weight excluding hydrogens is 264 g/mol. The van der Waals surface area contributed by atoms with Crippen molar-refractivity contribution in [1.29, 1.82) is 0 Å². The first kappa shape index (κ1) is 12.8. The highest BCUT2D eigenvalue weighted by molar-refractivity contribution is 6.30. The highest BCUT2D eigenvalue weighted by Crippen LogP contribution is 2.26. The van der Waals surface area contributed by atoms with Gasteiger partial charge in [-0.2, -0.15) is 0 Å². The van der Waals surface area contributed by atoms with Crippen LogP contribution in [0.5, 0.6) is 5.75 Å². The van der Waals surface area contributed by atoms with Crippen molar-refractivity contribution in [3.63, 3.8) is 0 Å². The number of hydrogen-bond donors (Lipinski definition) is 1. The topological polar surface area (TPSA) is 41.6 Å². The van der Waals surface area contributed by atoms with Gasteiger partial charge in [0.15, 0.2) is 6.61 Å². The maximum atomic E-state index is 12.1. The first-order valence-corrected chi connectivity index (χ1v) is 6.97. The zero-order chi connectivity index (χ0) is 13.2. The van der Waals surface area contributed by atoms with Crippen LogP contribution in [0.4, 0.5) is 0 Å². The molecule has 5 heteroatoms. The van der Waals surface area contributed by atoms with E-state index >= 15 is 0 Å². The highest BCUT2D eigenvalue weighted by Gasteiger charge is 2.37. The molecule has 2 aliphatic heterocycles. The minimum Gasteiger partial charge on any atom is -0.484 e. The zero-order valence-corrected chi connectivity index (χ0v) is 11.4. The Morgan fingerprint density at radius 2 is 2.11 bits per heavy atom. The lowest BCUT2D eigenvalue weighted by molar-refractivity contribution is -0.132. The van der Waals surface area contributed by atoms with E-state index < -0.39 is 0 Å². The lowest BCUT2D eigenvalue weighted by Crippen LogP contribution is -2.35. The molecular formula is C14H17ClN2O2. The molecule has 1 aromatic rings. The van der Waals surface area contributed by atoms with Gasteiger partial charge in [0, 0.05) is 31.2 Å². The molecule has 1 N–H and O–H groups in total. The van der Waals surface area contributed by atoms with Crippen molar-refractivity contribution < 1.29 is 9.53 Å². The Kier molecular flexibility index (Phi) is 3.62. The number of likely N-dealkylation sites (tertiary alicyclic amines) is 1. The summed E-state index contributed by atoms with van der Waals surface area (Å²) in [6.07, 6.45) is 0. The number of nitrogens with one attached hydrogen (secondary N) is 1. The molecule has 0 aliphatic carbocycles. The third kappa shape index (κ3) is 2.85. The molecule has 0 unspecified atom stereocenters. The van der Waals surface area contributed by atoms with Gasteiger partial charge in [0.05, 0.1) is 0 Å². The summed E-state index contributed by atoms with van der Waals surface area (Å²) in [5.41, 5.74) is 0. The van der Waals surface area contributed by atoms with Crippen molar-refractivity contribution in [3.8, 4) is 5.75 Å². The normalized spacial score (nSPS) is 25.4. The van der Waals surface area contributed by atoms with Crippen LogP contribution < -0.4 is 10.1 Å². The molecule has 0 radical (unpaired) electrons. The smallest absolute Gasteiger partial charge is 0.260 e. The molecule has 102 valence electrons. The Morgan fingerprint density at radius 3 is 2.79 bits per heavy atom. The van der Waals surface area contributed by atoms with Crippen LogP contribution in [-0.4, -0.2) is 43.6 Å². The van der Waals surface area contributed by atoms with Gasteiger partial charge in [0.2, 0.25) is 0 Å². The van der Waals surface area contributed by atoms with Gasteiger partial charge in [-0.15, -0.1) is 0 Å². The van der Waals surface area contributed by atoms with Crippen molar-refractivity contribution in [2.24, 2.45) is 11.8 Å². The standard InChI is InChI=1S/C14H17ClN2O2/c15-12-2-1-3-13(4-12)19-9-14(18)17-7-10-5-16-6-11(10)8-17/h1-4,10-11,16H,5-9H2/t10-,11+. The average molecular weight is 281 g/mol. The van der Waals surface area contributed by atoms with E-state index in [1.165, 1.54) is 0 Å². The third-order valence-electron chi connectivity index (χ3n) is 3.90. The molecule has 3 rings (SSSR count). The average Bonchev–Trinajstić information content (AvgIpc) is 2.96. The number of hydrogen-bond acceptors (Lipinski definition) is 3. The van der Waals surface area contributed by atoms with E-state index in [1.54, 1.807) is 12.1 Å². The fraction of sp³-hybridized carbons (Fsp3) is 0.500. The third-order valence-corrected chi connectivity index (χ3v) is 4.14. The molecule has 1 aromatic carbocycles. The minimum absolute atomic E-state index is 0.0642. The summed E-state index contributed by atoms with van der Waals surface area (Å²) in [5.74, 6) is 1.95. The molecule has 0 saturated carbocycles. The fourth-order valence-electron chi connectivity index (χ4n) is 2.85. The Morgan fingerprint density at radius 1 is 1.37 bits per heavy atom. The Bertz CT molecular complexity index is 468. The van der Waals surface area contributed by atoms with Gasteiger partial charge in [-0.3, -0.25) is 4.79 Å². The molecule has 2 fully saturated rings. The molecule has 0 spiro atoms. The lowest BCUT2D eigenvalue weighted by atomic mass is 10.0. The van der Waals surface area contributed by atoms with E-state index in [9.17, 15) is 4.79 Å². The lowest BCUT2D eigenvalue weighted by Gasteiger charge is -2.17. The van der Waals surface area contributed by atoms with Crippen LogP contribution >= 0.6 is 11.6 Å². The summed E-state index contributed by atoms with van der Waals surface area (Å²) in [5, 5.41) is 3.98. The van der Waals surface area contributed by atoms with Crippen molar-refractivity contribution in [1.82, 2.24) is 10.2 Å². The summed E-state index contributed by atoms with van der Waals surface area (Å²) in [4.78, 5) is 14.0. The highest BCUT2D eigenvalue weighted by atomic mass is 35.5. The summed E-state index contributed by atoms with van der Waals surface area (Å²) in [7, 11) is 0. The predicted octanol–water partition coefficient (Wildman–Crippen LogP) is 1.40. The Hall–Kier alpha value is -1.26. The van der Waals surface area contributed by atoms with Gasteiger partial charge in [0.25, 0.3) is 5.91 Å². The first-order valence-electron chi connectivity index (χ1n) is 6.59. The summed E-state index contributed by atoms with van der Waals surface area (Å²) < 4.78 is 5.49. The van der Waals surface area contributed by atoms with Crippen molar-refractivity contribution >= 4 is 17.5 Å². The maximum Gasteiger partial charge on any atom is 0.260 e. The monoisotopic (exact) mass is 280 g/mol. The molecule has 0 bridgehead atoms. The Balaban J connectivity index is 1.52. The van der Waals surface area contributed by atoms with Crippen LogP contribution in [0, 0.1) is 11.8 Å². The van der Waals surface area contributed by atoms with Crippen molar-refractivity contribution in [2.45, 2.75) is 0 Å². The van der Waals surface area contributed by atoms with Crippen LogP contribution in [0.1, 0.15) is 0 Å². The van der Waals surface area contributed by atoms with Crippen LogP contribution in [0.15, 0.2) is 24.3 Å². The van der Waals surface area contributed by atoms with E-state index in [0.29, 0.717) is 22.6 Å². The number of carbonyl (C=O) groups excluding carboxylic acids is 1. The van der Waals surface area contributed by atoms with Crippen molar-refractivity contribution in [3.05, 3.63) is 29.3 Å². The van der Waals surface area contributed by atoms with E-state index in [2.05, 4.69) is 5.32 Å². The number of ether oxygens (including phenoxy) is 1. The zero-order valence-electron chi connectivity index (χ0n) is 10.6. The van der Waals surface area contributed by atoms with Gasteiger partial charge >= 0.3 is 0 Å². The van der Waals surface area contributed by atoms with E-state index in [0.717, 1.165) is 26.2 Å². The summed E-state index contributed by atoms with van der Waals surface area (Å²) in [6, 6.07) is 7.12. The van der Waals surface area contributed by atoms with Gasteiger partial charge in [-0.05, 0) is 30.0 Å². The van der Waals surface area contributed by atoms with Crippen LogP contribution in [-0.2, 0) is 4.79 Å². The van der Waals surface area contributed by atoms with Crippen LogP contribution in [0.3, 0.4) is 0 Å². The SMILES string of the molecule is O=C(COc1cccc(Cl)c1)N1C[C@H]2CNC[C@H]2C1. The van der Waals surface area contributed by atoms with Crippen LogP contribution in [0.25, 0.3) is 0 Å². The second-order valence-electron chi connectivity index (χ2n) is 5.22. The van der Waals surface area contributed by atoms with Gasteiger partial charge in [-0.25, -0.2) is 0 Å². The predicted molar refractivity (Wildman–Crippen MR) is 73.4 cm³/mol. The quantitative estimate of drug-likeness (QED) is 0.910. The second-order valence-corrected chi connectivity index (χ2v) is 5.66. The number of halogens is 1. The van der Waals surface area contributed by atoms with Gasteiger partial charge in [0.1, 0.15) is 5.75 Å². The van der Waals surface area contributed by atoms with E-state index in [1.807, 2.05) is 17.0 Å². The molecule has 0 aromatic heterocycles. The molecule has 19 heavy (non-hydrogen) atoms. The summed E-state index contributed by atoms with van der Waals surface area (Å²) in [6.45, 7) is 3.87. The largest absolute Gasteiger partial charge is 0.484 e. The number of rotatable bonds is 3. The maximum absolute atomic E-state index is 12.1. The van der Waals surface area contributed by atoms with E-state index in [-0.39, 0.29) is 12.5 Å². The summed E-state index contributed by atoms with van der Waals surface area (Å²) >= 11 is 5.87. The molecule has 2 heterocycles. The minimum atomic E-state index is 0.0642. The van der Waals surface area contributed by atoms with Crippen molar-refractivity contribution in [2.75, 3.05) is 32.8 Å². The first-order chi connectivity index (χ1) is 9.22. The molecule has 2 aliphatic rings. The molecule has 2 atom stereocenters. The molecule has 2 saturated heterocycles. The number of carbonyl (C=O) groups is 1. The number of benzene rings is 1.